The Bertz CT molecular complexity index is 1270. The number of nitrogens with one attached hydrogen (secondary N) is 1. The van der Waals surface area contributed by atoms with Crippen LogP contribution in [0.4, 0.5) is 0 Å². The van der Waals surface area contributed by atoms with E-state index in [1.165, 1.54) is 0 Å². The molecule has 0 unspecified atom stereocenters. The molecular weight excluding hydrogens is 477 g/mol. The number of aliphatic hydroxyl groups excluding tert-OH is 1. The summed E-state index contributed by atoms with van der Waals surface area (Å²) in [4.78, 5) is 13.1. The van der Waals surface area contributed by atoms with Gasteiger partial charge in [0, 0.05) is 27.6 Å². The molecule has 35 heavy (non-hydrogen) atoms. The van der Waals surface area contributed by atoms with Crippen molar-refractivity contribution in [3.8, 4) is 11.1 Å². The molecule has 2 N–H and O–H groups in total. The molecule has 0 bridgehead atoms. The fraction of sp³-hybridized carbons (Fsp3) is 0.167. The summed E-state index contributed by atoms with van der Waals surface area (Å²) in [6.07, 6.45) is 0.747. The Morgan fingerprint density at radius 3 is 2.06 bits per heavy atom. The van der Waals surface area contributed by atoms with E-state index >= 15 is 0 Å². The highest BCUT2D eigenvalue weighted by molar-refractivity contribution is 6.30. The zero-order chi connectivity index (χ0) is 24.8. The Balaban J connectivity index is 1.52. The van der Waals surface area contributed by atoms with E-state index in [0.717, 1.165) is 34.2 Å². The van der Waals surface area contributed by atoms with Crippen LogP contribution in [0.2, 0.25) is 10.0 Å². The van der Waals surface area contributed by atoms with Crippen LogP contribution in [0, 0.1) is 0 Å². The van der Waals surface area contributed by atoms with E-state index in [9.17, 15) is 9.90 Å². The number of carbonyl (C=O) groups excluding carboxylic acids is 1. The molecule has 5 heteroatoms. The van der Waals surface area contributed by atoms with Crippen LogP contribution >= 0.6 is 23.2 Å². The second-order valence-corrected chi connectivity index (χ2v) is 9.52. The molecular formula is C30H27Cl2NO2. The van der Waals surface area contributed by atoms with Gasteiger partial charge in [-0.05, 0) is 77.6 Å². The molecule has 4 rings (SSSR count). The summed E-state index contributed by atoms with van der Waals surface area (Å²) in [5.41, 5.74) is 5.60. The quantitative estimate of drug-likeness (QED) is 0.265. The molecule has 0 radical (unpaired) electrons. The van der Waals surface area contributed by atoms with Crippen molar-refractivity contribution in [1.29, 1.82) is 0 Å². The van der Waals surface area contributed by atoms with Crippen molar-refractivity contribution in [1.82, 2.24) is 5.32 Å². The summed E-state index contributed by atoms with van der Waals surface area (Å²) < 4.78 is 0. The lowest BCUT2D eigenvalue weighted by Gasteiger charge is -2.26. The molecule has 178 valence electrons. The first-order chi connectivity index (χ1) is 16.9. The van der Waals surface area contributed by atoms with Gasteiger partial charge in [0.25, 0.3) is 5.91 Å². The lowest BCUT2D eigenvalue weighted by atomic mass is 9.86. The minimum absolute atomic E-state index is 0.0321. The summed E-state index contributed by atoms with van der Waals surface area (Å²) in [5, 5.41) is 14.2. The summed E-state index contributed by atoms with van der Waals surface area (Å²) in [6.45, 7) is 1.99. The Morgan fingerprint density at radius 1 is 0.829 bits per heavy atom. The molecule has 4 aromatic rings. The number of hydrogen-bond donors (Lipinski definition) is 2. The number of aliphatic hydroxyl groups is 1. The zero-order valence-corrected chi connectivity index (χ0v) is 20.9. The highest BCUT2D eigenvalue weighted by Gasteiger charge is 2.22. The fourth-order valence-electron chi connectivity index (χ4n) is 4.30. The maximum Gasteiger partial charge on any atom is 0.251 e. The van der Waals surface area contributed by atoms with Crippen molar-refractivity contribution >= 4 is 29.1 Å². The van der Waals surface area contributed by atoms with Gasteiger partial charge in [0.1, 0.15) is 0 Å². The van der Waals surface area contributed by atoms with Crippen molar-refractivity contribution in [2.45, 2.75) is 31.9 Å². The molecule has 0 aromatic heterocycles. The average Bonchev–Trinajstić information content (AvgIpc) is 2.89. The van der Waals surface area contributed by atoms with Crippen LogP contribution < -0.4 is 5.32 Å². The lowest BCUT2D eigenvalue weighted by Crippen LogP contribution is -2.37. The summed E-state index contributed by atoms with van der Waals surface area (Å²) in [5.74, 6) is -0.0809. The van der Waals surface area contributed by atoms with Crippen molar-refractivity contribution < 1.29 is 9.90 Å². The average molecular weight is 504 g/mol. The van der Waals surface area contributed by atoms with E-state index in [0.29, 0.717) is 15.6 Å². The maximum absolute atomic E-state index is 13.1. The summed E-state index contributed by atoms with van der Waals surface area (Å²) in [7, 11) is 0. The number of halogens is 2. The molecule has 3 nitrogen and oxygen atoms in total. The second-order valence-electron chi connectivity index (χ2n) is 8.64. The van der Waals surface area contributed by atoms with Crippen LogP contribution in [-0.2, 0) is 13.0 Å². The monoisotopic (exact) mass is 503 g/mol. The van der Waals surface area contributed by atoms with Gasteiger partial charge in [-0.2, -0.15) is 0 Å². The molecule has 1 amide bonds. The number of carbonyl (C=O) groups is 1. The van der Waals surface area contributed by atoms with Crippen LogP contribution in [0.25, 0.3) is 11.1 Å². The van der Waals surface area contributed by atoms with Crippen molar-refractivity contribution in [2.75, 3.05) is 0 Å². The Kier molecular flexibility index (Phi) is 8.25. The van der Waals surface area contributed by atoms with Gasteiger partial charge in [-0.15, -0.1) is 0 Å². The second kappa shape index (κ2) is 11.5. The van der Waals surface area contributed by atoms with Gasteiger partial charge < -0.3 is 10.4 Å². The normalized spacial score (nSPS) is 12.7. The molecule has 0 aliphatic rings. The zero-order valence-electron chi connectivity index (χ0n) is 19.4. The SMILES string of the molecule is C[C@@H](NC(=O)c1ccc(-c2ccccc2CO)cc1)[C@H](Cc1ccc(Cl)cc1)c1ccc(Cl)cc1. The molecule has 4 aromatic carbocycles. The molecule has 0 fully saturated rings. The fourth-order valence-corrected chi connectivity index (χ4v) is 4.55. The van der Waals surface area contributed by atoms with Crippen molar-refractivity contribution in [3.05, 3.63) is 129 Å². The molecule has 0 aliphatic heterocycles. The van der Waals surface area contributed by atoms with Gasteiger partial charge in [-0.1, -0.05) is 83.9 Å². The van der Waals surface area contributed by atoms with Crippen LogP contribution in [0.15, 0.2) is 97.1 Å². The Hall–Kier alpha value is -3.11. The van der Waals surface area contributed by atoms with E-state index in [2.05, 4.69) is 5.32 Å². The van der Waals surface area contributed by atoms with Gasteiger partial charge in [-0.3, -0.25) is 4.79 Å². The first kappa shape index (κ1) is 25.0. The Morgan fingerprint density at radius 2 is 1.43 bits per heavy atom. The van der Waals surface area contributed by atoms with Gasteiger partial charge >= 0.3 is 0 Å². The third-order valence-corrected chi connectivity index (χ3v) is 6.78. The minimum atomic E-state index is -0.130. The van der Waals surface area contributed by atoms with E-state index in [1.807, 2.05) is 104 Å². The molecule has 0 saturated heterocycles. The largest absolute Gasteiger partial charge is 0.392 e. The number of benzene rings is 4. The maximum atomic E-state index is 13.1. The summed E-state index contributed by atoms with van der Waals surface area (Å²) in [6, 6.07) is 30.6. The minimum Gasteiger partial charge on any atom is -0.392 e. The molecule has 0 spiro atoms. The van der Waals surface area contributed by atoms with E-state index < -0.39 is 0 Å². The predicted octanol–water partition coefficient (Wildman–Crippen LogP) is 7.30. The highest BCUT2D eigenvalue weighted by Crippen LogP contribution is 2.28. The number of amides is 1. The lowest BCUT2D eigenvalue weighted by molar-refractivity contribution is 0.0934. The van der Waals surface area contributed by atoms with Crippen LogP contribution in [-0.4, -0.2) is 17.1 Å². The van der Waals surface area contributed by atoms with Gasteiger partial charge in [0.15, 0.2) is 0 Å². The number of hydrogen-bond acceptors (Lipinski definition) is 2. The van der Waals surface area contributed by atoms with E-state index in [4.69, 9.17) is 23.2 Å². The van der Waals surface area contributed by atoms with Gasteiger partial charge in [0.05, 0.1) is 6.61 Å². The van der Waals surface area contributed by atoms with Crippen LogP contribution in [0.5, 0.6) is 0 Å². The van der Waals surface area contributed by atoms with Crippen molar-refractivity contribution in [3.63, 3.8) is 0 Å². The van der Waals surface area contributed by atoms with Gasteiger partial charge in [-0.25, -0.2) is 0 Å². The number of rotatable bonds is 8. The highest BCUT2D eigenvalue weighted by atomic mass is 35.5. The topological polar surface area (TPSA) is 49.3 Å². The Labute approximate surface area is 216 Å². The third-order valence-electron chi connectivity index (χ3n) is 6.28. The smallest absolute Gasteiger partial charge is 0.251 e. The molecule has 0 heterocycles. The molecule has 0 saturated carbocycles. The van der Waals surface area contributed by atoms with E-state index in [1.54, 1.807) is 0 Å². The molecule has 2 atom stereocenters. The third kappa shape index (κ3) is 6.32. The first-order valence-electron chi connectivity index (χ1n) is 11.5. The summed E-state index contributed by atoms with van der Waals surface area (Å²) >= 11 is 12.2. The standard InChI is InChI=1S/C30H27Cl2NO2/c1-20(29(23-12-16-27(32)17-13-23)18-21-6-14-26(31)15-7-21)33-30(35)24-10-8-22(9-11-24)28-5-3-2-4-25(28)19-34/h2-17,20,29,34H,18-19H2,1H3,(H,33,35)/t20-,29+/m1/s1. The molecule has 0 aliphatic carbocycles. The van der Waals surface area contributed by atoms with Crippen molar-refractivity contribution in [2.24, 2.45) is 0 Å². The first-order valence-corrected chi connectivity index (χ1v) is 12.3. The van der Waals surface area contributed by atoms with E-state index in [-0.39, 0.29) is 24.5 Å². The van der Waals surface area contributed by atoms with Crippen LogP contribution in [0.3, 0.4) is 0 Å². The predicted molar refractivity (Wildman–Crippen MR) is 144 cm³/mol. The van der Waals surface area contributed by atoms with Gasteiger partial charge in [0.2, 0.25) is 0 Å². The van der Waals surface area contributed by atoms with Crippen LogP contribution in [0.1, 0.15) is 39.9 Å².